The number of anilines is 1. The molecule has 1 saturated heterocycles. The molecule has 0 amide bonds. The number of aromatic nitrogens is 1. The van der Waals surface area contributed by atoms with Crippen molar-refractivity contribution in [2.24, 2.45) is 10.9 Å². The normalized spacial score (nSPS) is 21.7. The highest BCUT2D eigenvalue weighted by Gasteiger charge is 2.23. The second-order valence-corrected chi connectivity index (χ2v) is 4.88. The minimum Gasteiger partial charge on any atom is -0.409 e. The molecule has 6 nitrogen and oxygen atoms in total. The fourth-order valence-electron chi connectivity index (χ4n) is 2.38. The van der Waals surface area contributed by atoms with Crippen molar-refractivity contribution in [2.75, 3.05) is 31.6 Å². The Bertz CT molecular complexity index is 445. The minimum absolute atomic E-state index is 0.0869. The van der Waals surface area contributed by atoms with Crippen LogP contribution in [0, 0.1) is 0 Å². The summed E-state index contributed by atoms with van der Waals surface area (Å²) in [7, 11) is 2.17. The molecule has 0 bridgehead atoms. The smallest absolute Gasteiger partial charge is 0.171 e. The number of nitrogens with two attached hydrogens (primary N) is 1. The molecule has 2 heterocycles. The van der Waals surface area contributed by atoms with Crippen molar-refractivity contribution in [3.05, 3.63) is 23.9 Å². The quantitative estimate of drug-likeness (QED) is 0.363. The molecule has 1 aromatic rings. The lowest BCUT2D eigenvalue weighted by atomic mass is 10.1. The molecule has 1 atom stereocenters. The number of oxime groups is 1. The summed E-state index contributed by atoms with van der Waals surface area (Å²) in [6.07, 6.45) is 2.78. The molecular formula is C13H21N5O. The molecule has 0 spiro atoms. The Morgan fingerprint density at radius 3 is 2.89 bits per heavy atom. The van der Waals surface area contributed by atoms with Crippen LogP contribution in [0.4, 0.5) is 5.82 Å². The van der Waals surface area contributed by atoms with Crippen molar-refractivity contribution < 1.29 is 5.21 Å². The van der Waals surface area contributed by atoms with E-state index in [0.717, 1.165) is 31.9 Å². The Kier molecular flexibility index (Phi) is 4.21. The summed E-state index contributed by atoms with van der Waals surface area (Å²) >= 11 is 0. The first-order valence-electron chi connectivity index (χ1n) is 6.54. The first-order valence-corrected chi connectivity index (χ1v) is 6.54. The zero-order valence-corrected chi connectivity index (χ0v) is 11.5. The summed E-state index contributed by atoms with van der Waals surface area (Å²) in [5, 5.41) is 11.6. The Morgan fingerprint density at radius 1 is 1.53 bits per heavy atom. The topological polar surface area (TPSA) is 78.0 Å². The number of pyridine rings is 1. The van der Waals surface area contributed by atoms with Gasteiger partial charge in [-0.2, -0.15) is 0 Å². The van der Waals surface area contributed by atoms with Crippen LogP contribution in [0.3, 0.4) is 0 Å². The second kappa shape index (κ2) is 5.88. The molecule has 3 N–H and O–H groups in total. The van der Waals surface area contributed by atoms with Gasteiger partial charge in [0.15, 0.2) is 5.84 Å². The molecular weight excluding hydrogens is 242 g/mol. The van der Waals surface area contributed by atoms with Gasteiger partial charge in [-0.3, -0.25) is 4.90 Å². The van der Waals surface area contributed by atoms with Gasteiger partial charge in [0.2, 0.25) is 0 Å². The fourth-order valence-corrected chi connectivity index (χ4v) is 2.38. The SMILES string of the molecule is CCC1CN(c2ccc(C(N)=NO)cn2)CCN1C. The highest BCUT2D eigenvalue weighted by molar-refractivity contribution is 5.96. The van der Waals surface area contributed by atoms with Crippen LogP contribution in [0.5, 0.6) is 0 Å². The van der Waals surface area contributed by atoms with Gasteiger partial charge in [0.25, 0.3) is 0 Å². The average molecular weight is 263 g/mol. The minimum atomic E-state index is 0.0869. The summed E-state index contributed by atoms with van der Waals surface area (Å²) < 4.78 is 0. The van der Waals surface area contributed by atoms with E-state index in [1.807, 2.05) is 12.1 Å². The zero-order chi connectivity index (χ0) is 13.8. The van der Waals surface area contributed by atoms with Gasteiger partial charge in [-0.1, -0.05) is 12.1 Å². The largest absolute Gasteiger partial charge is 0.409 e. The Labute approximate surface area is 113 Å². The summed E-state index contributed by atoms with van der Waals surface area (Å²) in [5.41, 5.74) is 6.16. The molecule has 0 saturated carbocycles. The molecule has 104 valence electrons. The third-order valence-electron chi connectivity index (χ3n) is 3.72. The van der Waals surface area contributed by atoms with Gasteiger partial charge < -0.3 is 15.8 Å². The molecule has 0 aromatic carbocycles. The standard InChI is InChI=1S/C13H21N5O/c1-3-11-9-18(7-6-17(11)2)12-5-4-10(8-15-12)13(14)16-19/h4-5,8,11,19H,3,6-7,9H2,1-2H3,(H2,14,16). The fraction of sp³-hybridized carbons (Fsp3) is 0.538. The molecule has 2 rings (SSSR count). The lowest BCUT2D eigenvalue weighted by molar-refractivity contribution is 0.213. The summed E-state index contributed by atoms with van der Waals surface area (Å²) in [4.78, 5) is 9.07. The van der Waals surface area contributed by atoms with Crippen molar-refractivity contribution in [3.8, 4) is 0 Å². The summed E-state index contributed by atoms with van der Waals surface area (Å²) in [6, 6.07) is 4.32. The van der Waals surface area contributed by atoms with Gasteiger partial charge in [0.1, 0.15) is 5.82 Å². The number of piperazine rings is 1. The van der Waals surface area contributed by atoms with Gasteiger partial charge >= 0.3 is 0 Å². The van der Waals surface area contributed by atoms with Crippen LogP contribution in [0.15, 0.2) is 23.5 Å². The molecule has 1 unspecified atom stereocenters. The number of nitrogens with zero attached hydrogens (tertiary/aromatic N) is 4. The molecule has 1 aromatic heterocycles. The van der Waals surface area contributed by atoms with E-state index < -0.39 is 0 Å². The van der Waals surface area contributed by atoms with E-state index in [-0.39, 0.29) is 5.84 Å². The van der Waals surface area contributed by atoms with Crippen LogP contribution in [-0.4, -0.2) is 53.7 Å². The number of hydrogen-bond donors (Lipinski definition) is 2. The molecule has 19 heavy (non-hydrogen) atoms. The van der Waals surface area contributed by atoms with E-state index in [4.69, 9.17) is 10.9 Å². The third-order valence-corrected chi connectivity index (χ3v) is 3.72. The summed E-state index contributed by atoms with van der Waals surface area (Å²) in [5.74, 6) is 1.03. The van der Waals surface area contributed by atoms with Crippen LogP contribution in [0.1, 0.15) is 18.9 Å². The van der Waals surface area contributed by atoms with E-state index in [1.165, 1.54) is 0 Å². The lowest BCUT2D eigenvalue weighted by Crippen LogP contribution is -2.51. The van der Waals surface area contributed by atoms with Crippen LogP contribution in [0.2, 0.25) is 0 Å². The first kappa shape index (κ1) is 13.6. The van der Waals surface area contributed by atoms with Crippen molar-refractivity contribution in [2.45, 2.75) is 19.4 Å². The highest BCUT2D eigenvalue weighted by atomic mass is 16.4. The maximum Gasteiger partial charge on any atom is 0.171 e. The molecule has 1 aliphatic heterocycles. The number of hydrogen-bond acceptors (Lipinski definition) is 5. The van der Waals surface area contributed by atoms with Crippen LogP contribution < -0.4 is 10.6 Å². The van der Waals surface area contributed by atoms with Crippen LogP contribution >= 0.6 is 0 Å². The Hall–Kier alpha value is -1.82. The monoisotopic (exact) mass is 263 g/mol. The third kappa shape index (κ3) is 2.96. The molecule has 1 aliphatic rings. The predicted octanol–water partition coefficient (Wildman–Crippen LogP) is 0.707. The van der Waals surface area contributed by atoms with E-state index in [1.54, 1.807) is 6.20 Å². The zero-order valence-electron chi connectivity index (χ0n) is 11.5. The van der Waals surface area contributed by atoms with Gasteiger partial charge in [-0.15, -0.1) is 0 Å². The maximum atomic E-state index is 8.62. The van der Waals surface area contributed by atoms with E-state index >= 15 is 0 Å². The Morgan fingerprint density at radius 2 is 2.32 bits per heavy atom. The van der Waals surface area contributed by atoms with Crippen molar-refractivity contribution >= 4 is 11.7 Å². The first-order chi connectivity index (χ1) is 9.15. The highest BCUT2D eigenvalue weighted by Crippen LogP contribution is 2.17. The average Bonchev–Trinajstić information content (AvgIpc) is 2.47. The number of amidine groups is 1. The van der Waals surface area contributed by atoms with Crippen molar-refractivity contribution in [1.29, 1.82) is 0 Å². The maximum absolute atomic E-state index is 8.62. The van der Waals surface area contributed by atoms with Gasteiger partial charge in [-0.05, 0) is 25.6 Å². The van der Waals surface area contributed by atoms with Crippen LogP contribution in [-0.2, 0) is 0 Å². The predicted molar refractivity (Wildman–Crippen MR) is 75.7 cm³/mol. The molecule has 1 fully saturated rings. The van der Waals surface area contributed by atoms with Crippen LogP contribution in [0.25, 0.3) is 0 Å². The molecule has 0 aliphatic carbocycles. The lowest BCUT2D eigenvalue weighted by Gasteiger charge is -2.39. The van der Waals surface area contributed by atoms with E-state index in [9.17, 15) is 0 Å². The summed E-state index contributed by atoms with van der Waals surface area (Å²) in [6.45, 7) is 5.22. The van der Waals surface area contributed by atoms with Gasteiger partial charge in [-0.25, -0.2) is 4.98 Å². The number of rotatable bonds is 3. The van der Waals surface area contributed by atoms with Crippen molar-refractivity contribution in [1.82, 2.24) is 9.88 Å². The number of likely N-dealkylation sites (N-methyl/N-ethyl adjacent to an activating group) is 1. The van der Waals surface area contributed by atoms with E-state index in [0.29, 0.717) is 11.6 Å². The van der Waals surface area contributed by atoms with E-state index in [2.05, 4.69) is 33.9 Å². The van der Waals surface area contributed by atoms with Gasteiger partial charge in [0.05, 0.1) is 0 Å². The Balaban J connectivity index is 2.10. The second-order valence-electron chi connectivity index (χ2n) is 4.88. The van der Waals surface area contributed by atoms with Crippen molar-refractivity contribution in [3.63, 3.8) is 0 Å². The van der Waals surface area contributed by atoms with Gasteiger partial charge in [0, 0.05) is 37.4 Å². The molecule has 0 radical (unpaired) electrons. The molecule has 6 heteroatoms.